The molecule has 3 amide bonds. The molecule has 1 heterocycles. The predicted octanol–water partition coefficient (Wildman–Crippen LogP) is 8.45. The number of esters is 1. The van der Waals surface area contributed by atoms with Crippen molar-refractivity contribution in [1.82, 2.24) is 5.32 Å². The Bertz CT molecular complexity index is 2130. The van der Waals surface area contributed by atoms with Gasteiger partial charge in [0.1, 0.15) is 27.8 Å². The second-order valence-corrected chi connectivity index (χ2v) is 13.8. The number of carbonyl (C=O) groups is 4. The second-order valence-electron chi connectivity index (χ2n) is 11.7. The number of nitrogens with one attached hydrogen (secondary N) is 3. The number of thioether (sulfide) groups is 1. The normalized spacial score (nSPS) is 11.6. The van der Waals surface area contributed by atoms with E-state index in [9.17, 15) is 19.2 Å². The van der Waals surface area contributed by atoms with Crippen molar-refractivity contribution in [3.63, 3.8) is 0 Å². The number of hydrogen-bond acceptors (Lipinski definition) is 9. The Balaban J connectivity index is 1.35. The van der Waals surface area contributed by atoms with E-state index in [2.05, 4.69) is 16.0 Å². The van der Waals surface area contributed by atoms with Crippen molar-refractivity contribution >= 4 is 63.6 Å². The van der Waals surface area contributed by atoms with E-state index in [0.717, 1.165) is 16.0 Å². The molecule has 4 aromatic carbocycles. The molecule has 5 rings (SSSR count). The third-order valence-electron chi connectivity index (χ3n) is 8.08. The number of ether oxygens (including phenoxy) is 3. The molecule has 1 unspecified atom stereocenters. The third kappa shape index (κ3) is 9.73. The van der Waals surface area contributed by atoms with Crippen LogP contribution in [0, 0.1) is 6.92 Å². The molecule has 0 radical (unpaired) electrons. The van der Waals surface area contributed by atoms with Gasteiger partial charge in [0.25, 0.3) is 11.8 Å². The molecule has 0 fully saturated rings. The average Bonchev–Trinajstić information content (AvgIpc) is 3.60. The lowest BCUT2D eigenvalue weighted by atomic mass is 10.0. The fourth-order valence-electron chi connectivity index (χ4n) is 5.26. The van der Waals surface area contributed by atoms with Crippen molar-refractivity contribution in [1.29, 1.82) is 0 Å². The highest BCUT2D eigenvalue weighted by molar-refractivity contribution is 8.00. The van der Waals surface area contributed by atoms with E-state index in [-0.39, 0.29) is 11.6 Å². The molecule has 5 aromatic rings. The number of methoxy groups -OCH3 is 3. The molecule has 10 nitrogen and oxygen atoms in total. The van der Waals surface area contributed by atoms with Crippen LogP contribution in [0.15, 0.2) is 113 Å². The molecule has 0 saturated carbocycles. The van der Waals surface area contributed by atoms with E-state index in [1.807, 2.05) is 49.6 Å². The first-order chi connectivity index (χ1) is 25.6. The summed E-state index contributed by atoms with van der Waals surface area (Å²) in [6.07, 6.45) is 2.01. The van der Waals surface area contributed by atoms with Crippen LogP contribution in [0.4, 0.5) is 10.7 Å². The summed E-state index contributed by atoms with van der Waals surface area (Å²) >= 11 is 2.58. The van der Waals surface area contributed by atoms with Gasteiger partial charge in [-0.15, -0.1) is 23.1 Å². The maximum atomic E-state index is 13.8. The van der Waals surface area contributed by atoms with Crippen LogP contribution in [-0.4, -0.2) is 50.3 Å². The minimum absolute atomic E-state index is 0.0199. The number of thiophene rings is 1. The molecule has 3 N–H and O–H groups in total. The number of aryl methyl sites for hydroxylation is 1. The highest BCUT2D eigenvalue weighted by Crippen LogP contribution is 2.37. The largest absolute Gasteiger partial charge is 0.497 e. The number of rotatable bonds is 14. The van der Waals surface area contributed by atoms with Gasteiger partial charge in [0.2, 0.25) is 5.91 Å². The van der Waals surface area contributed by atoms with Crippen LogP contribution in [0.5, 0.6) is 11.5 Å². The fraction of sp³-hybridized carbons (Fsp3) is 0.171. The molecule has 12 heteroatoms. The Labute approximate surface area is 316 Å². The van der Waals surface area contributed by atoms with Gasteiger partial charge in [-0.25, -0.2) is 4.79 Å². The van der Waals surface area contributed by atoms with Crippen molar-refractivity contribution in [2.75, 3.05) is 32.0 Å². The van der Waals surface area contributed by atoms with Crippen molar-refractivity contribution in [2.24, 2.45) is 0 Å². The van der Waals surface area contributed by atoms with Crippen LogP contribution in [0.1, 0.15) is 45.2 Å². The maximum absolute atomic E-state index is 13.8. The number of carbonyl (C=O) groups excluding carboxylic acids is 4. The quantitative estimate of drug-likeness (QED) is 0.0586. The van der Waals surface area contributed by atoms with Crippen LogP contribution >= 0.6 is 23.1 Å². The summed E-state index contributed by atoms with van der Waals surface area (Å²) in [4.78, 5) is 54.2. The lowest BCUT2D eigenvalue weighted by molar-refractivity contribution is -0.116. The summed E-state index contributed by atoms with van der Waals surface area (Å²) in [6.45, 7) is 3.88. The van der Waals surface area contributed by atoms with E-state index in [4.69, 9.17) is 14.2 Å². The highest BCUT2D eigenvalue weighted by Gasteiger charge is 2.26. The van der Waals surface area contributed by atoms with Gasteiger partial charge >= 0.3 is 5.97 Å². The Hall–Kier alpha value is -5.85. The Kier molecular flexibility index (Phi) is 13.1. The van der Waals surface area contributed by atoms with Crippen LogP contribution in [-0.2, 0) is 14.3 Å². The van der Waals surface area contributed by atoms with Gasteiger partial charge in [-0.1, -0.05) is 61.0 Å². The van der Waals surface area contributed by atoms with Crippen molar-refractivity contribution in [2.45, 2.75) is 30.4 Å². The molecule has 0 saturated heterocycles. The van der Waals surface area contributed by atoms with Gasteiger partial charge in [0.15, 0.2) is 0 Å². The smallest absolute Gasteiger partial charge is 0.341 e. The van der Waals surface area contributed by atoms with Gasteiger partial charge in [-0.3, -0.25) is 14.4 Å². The fourth-order valence-corrected chi connectivity index (χ4v) is 7.23. The first-order valence-electron chi connectivity index (χ1n) is 16.6. The number of benzene rings is 4. The van der Waals surface area contributed by atoms with E-state index in [1.165, 1.54) is 50.5 Å². The summed E-state index contributed by atoms with van der Waals surface area (Å²) in [6, 6.07) is 28.5. The molecular weight excluding hydrogens is 711 g/mol. The number of hydrogen-bond donors (Lipinski definition) is 3. The van der Waals surface area contributed by atoms with Gasteiger partial charge < -0.3 is 30.2 Å². The molecule has 0 bridgehead atoms. The van der Waals surface area contributed by atoms with Gasteiger partial charge in [-0.05, 0) is 67.4 Å². The van der Waals surface area contributed by atoms with Crippen molar-refractivity contribution in [3.05, 3.63) is 130 Å². The molecule has 1 aromatic heterocycles. The van der Waals surface area contributed by atoms with Gasteiger partial charge in [0.05, 0.1) is 26.6 Å². The maximum Gasteiger partial charge on any atom is 0.341 e. The van der Waals surface area contributed by atoms with Gasteiger partial charge in [0, 0.05) is 38.7 Å². The Morgan fingerprint density at radius 2 is 1.60 bits per heavy atom. The second kappa shape index (κ2) is 18.1. The molecule has 0 spiro atoms. The summed E-state index contributed by atoms with van der Waals surface area (Å²) in [5, 5.41) is 10.3. The Morgan fingerprint density at radius 1 is 0.849 bits per heavy atom. The minimum atomic E-state index is -0.573. The summed E-state index contributed by atoms with van der Waals surface area (Å²) in [7, 11) is 4.35. The van der Waals surface area contributed by atoms with Crippen LogP contribution in [0.2, 0.25) is 0 Å². The van der Waals surface area contributed by atoms with Crippen LogP contribution < -0.4 is 25.4 Å². The van der Waals surface area contributed by atoms with Crippen molar-refractivity contribution in [3.8, 4) is 22.6 Å². The summed E-state index contributed by atoms with van der Waals surface area (Å²) in [5.74, 6) is -0.850. The summed E-state index contributed by atoms with van der Waals surface area (Å²) < 4.78 is 15.9. The summed E-state index contributed by atoms with van der Waals surface area (Å²) in [5.41, 5.74) is 4.26. The van der Waals surface area contributed by atoms with Crippen molar-refractivity contribution < 1.29 is 33.4 Å². The van der Waals surface area contributed by atoms with Crippen LogP contribution in [0.25, 0.3) is 17.2 Å². The zero-order valence-electron chi connectivity index (χ0n) is 29.9. The third-order valence-corrected chi connectivity index (χ3v) is 10.3. The Morgan fingerprint density at radius 3 is 2.28 bits per heavy atom. The monoisotopic (exact) mass is 749 g/mol. The standard InChI is InChI=1S/C41H39N3O7S2/c1-6-35(39(47)44-40-36(41(48)51-5)32(24-52-40)26-17-15-25(2)16-18-26)53-31-14-10-13-29(22-31)42-38(46)33(43-37(45)27-11-8-7-9-12-27)21-28-19-20-30(49-3)23-34(28)50-4/h7-24,35H,6H2,1-5H3,(H,42,46)(H,43,45)(H,44,47)/b33-21+. The average molecular weight is 750 g/mol. The zero-order valence-corrected chi connectivity index (χ0v) is 31.5. The topological polar surface area (TPSA) is 132 Å². The van der Waals surface area contributed by atoms with E-state index >= 15 is 0 Å². The lowest BCUT2D eigenvalue weighted by Crippen LogP contribution is -2.30. The van der Waals surface area contributed by atoms with E-state index in [1.54, 1.807) is 66.7 Å². The van der Waals surface area contributed by atoms with E-state index in [0.29, 0.717) is 50.9 Å². The predicted molar refractivity (Wildman–Crippen MR) is 211 cm³/mol. The number of amides is 3. The van der Waals surface area contributed by atoms with Gasteiger partial charge in [-0.2, -0.15) is 0 Å². The number of anilines is 2. The lowest BCUT2D eigenvalue weighted by Gasteiger charge is -2.16. The van der Waals surface area contributed by atoms with E-state index < -0.39 is 23.0 Å². The molecule has 0 aliphatic rings. The minimum Gasteiger partial charge on any atom is -0.497 e. The van der Waals surface area contributed by atoms with Crippen LogP contribution in [0.3, 0.4) is 0 Å². The first kappa shape index (κ1) is 38.4. The molecule has 0 aliphatic carbocycles. The zero-order chi connectivity index (χ0) is 37.9. The molecule has 272 valence electrons. The highest BCUT2D eigenvalue weighted by atomic mass is 32.2. The molecule has 0 aliphatic heterocycles. The molecule has 1 atom stereocenters. The molecule has 53 heavy (non-hydrogen) atoms. The SMILES string of the molecule is CCC(Sc1cccc(NC(=O)/C(=C\c2ccc(OC)cc2OC)NC(=O)c2ccccc2)c1)C(=O)Nc1scc(-c2ccc(C)cc2)c1C(=O)OC. The molecular formula is C41H39N3O7S2. The first-order valence-corrected chi connectivity index (χ1v) is 18.4.